The number of aldehydes is 1. The van der Waals surface area contributed by atoms with Gasteiger partial charge in [-0.25, -0.2) is 0 Å². The molecule has 0 aromatic heterocycles. The zero-order valence-electron chi connectivity index (χ0n) is 8.03. The van der Waals surface area contributed by atoms with Crippen LogP contribution in [0.1, 0.15) is 0 Å². The molecule has 0 amide bonds. The quantitative estimate of drug-likeness (QED) is 0.226. The van der Waals surface area contributed by atoms with Crippen molar-refractivity contribution in [3.05, 3.63) is 20.9 Å². The first-order valence-electron chi connectivity index (χ1n) is 4.13. The van der Waals surface area contributed by atoms with Crippen LogP contribution in [0.4, 0.5) is 0 Å². The maximum absolute atomic E-state index is 10.5. The Morgan fingerprint density at radius 3 is 2.19 bits per heavy atom. The lowest BCUT2D eigenvalue weighted by Crippen LogP contribution is -2.44. The summed E-state index contributed by atoms with van der Waals surface area (Å²) in [5.41, 5.74) is 16.3. The second kappa shape index (κ2) is 7.46. The van der Waals surface area contributed by atoms with E-state index >= 15 is 0 Å². The van der Waals surface area contributed by atoms with Gasteiger partial charge in [-0.2, -0.15) is 0 Å². The Hall–Kier alpha value is -1.83. The van der Waals surface area contributed by atoms with Crippen molar-refractivity contribution in [1.29, 1.82) is 0 Å². The monoisotopic (exact) mass is 230 g/mol. The molecule has 4 atom stereocenters. The number of carbonyl (C=O) groups is 1. The second-order valence-electron chi connectivity index (χ2n) is 2.77. The molecule has 0 bridgehead atoms. The topological polar surface area (TPSA) is 175 Å². The van der Waals surface area contributed by atoms with Crippen molar-refractivity contribution < 1.29 is 20.1 Å². The Morgan fingerprint density at radius 2 is 1.81 bits per heavy atom. The Bertz CT molecular complexity index is 323. The number of carbonyl (C=O) groups excluding carboxylic acids is 1. The van der Waals surface area contributed by atoms with Crippen LogP contribution >= 0.6 is 0 Å². The van der Waals surface area contributed by atoms with E-state index in [1.165, 1.54) is 0 Å². The summed E-state index contributed by atoms with van der Waals surface area (Å²) in [5.74, 6) is 0. The van der Waals surface area contributed by atoms with E-state index < -0.39 is 30.9 Å². The highest BCUT2D eigenvalue weighted by Gasteiger charge is 2.31. The van der Waals surface area contributed by atoms with E-state index in [1.54, 1.807) is 0 Å². The molecule has 0 fully saturated rings. The molecule has 0 heterocycles. The van der Waals surface area contributed by atoms with Crippen molar-refractivity contribution in [3.8, 4) is 0 Å². The summed E-state index contributed by atoms with van der Waals surface area (Å²) in [7, 11) is 0. The highest BCUT2D eigenvalue weighted by atomic mass is 16.4. The third kappa shape index (κ3) is 3.73. The first-order valence-corrected chi connectivity index (χ1v) is 4.13. The zero-order valence-corrected chi connectivity index (χ0v) is 8.03. The molecule has 10 heteroatoms. The fourth-order valence-corrected chi connectivity index (χ4v) is 0.970. The summed E-state index contributed by atoms with van der Waals surface area (Å²) >= 11 is 0. The largest absolute Gasteiger partial charge is 0.394 e. The van der Waals surface area contributed by atoms with E-state index in [9.17, 15) is 9.90 Å². The molecule has 3 N–H and O–H groups in total. The van der Waals surface area contributed by atoms with Crippen molar-refractivity contribution in [2.45, 2.75) is 24.3 Å². The van der Waals surface area contributed by atoms with Gasteiger partial charge in [-0.3, -0.25) is 0 Å². The first kappa shape index (κ1) is 14.2. The molecule has 0 aliphatic rings. The minimum absolute atomic E-state index is 0.173. The second-order valence-corrected chi connectivity index (χ2v) is 2.77. The SMILES string of the molecule is [N-]=[N+]=N[C@@H]([C@H](O)[C@H](O)CO)[C@@H](C=O)N=[N+]=[N-]. The molecule has 0 aromatic carbocycles. The molecule has 0 radical (unpaired) electrons. The van der Waals surface area contributed by atoms with Crippen molar-refractivity contribution >= 4 is 6.29 Å². The summed E-state index contributed by atoms with van der Waals surface area (Å²) in [6, 6.07) is -2.92. The van der Waals surface area contributed by atoms with Crippen molar-refractivity contribution in [1.82, 2.24) is 0 Å². The number of rotatable bonds is 7. The minimum atomic E-state index is -1.71. The van der Waals surface area contributed by atoms with Gasteiger partial charge in [0.25, 0.3) is 0 Å². The van der Waals surface area contributed by atoms with Crippen LogP contribution in [0.15, 0.2) is 10.2 Å². The van der Waals surface area contributed by atoms with Gasteiger partial charge in [0.2, 0.25) is 0 Å². The molecule has 88 valence electrons. The van der Waals surface area contributed by atoms with Crippen molar-refractivity contribution in [2.24, 2.45) is 10.2 Å². The molecule has 10 nitrogen and oxygen atoms in total. The lowest BCUT2D eigenvalue weighted by Gasteiger charge is -2.23. The Labute approximate surface area is 89.4 Å². The minimum Gasteiger partial charge on any atom is -0.394 e. The van der Waals surface area contributed by atoms with E-state index in [4.69, 9.17) is 21.3 Å². The number of azide groups is 2. The van der Waals surface area contributed by atoms with Crippen LogP contribution in [0, 0.1) is 0 Å². The Kier molecular flexibility index (Phi) is 6.61. The molecular formula is C6H10N6O4. The smallest absolute Gasteiger partial charge is 0.129 e. The van der Waals surface area contributed by atoms with Gasteiger partial charge in [-0.05, 0) is 11.1 Å². The van der Waals surface area contributed by atoms with Gasteiger partial charge in [-0.1, -0.05) is 10.2 Å². The molecule has 0 aliphatic heterocycles. The molecule has 0 aromatic rings. The Morgan fingerprint density at radius 1 is 1.25 bits per heavy atom. The van der Waals surface area contributed by atoms with Crippen LogP contribution in [0.2, 0.25) is 0 Å². The molecule has 0 aliphatic carbocycles. The third-order valence-electron chi connectivity index (χ3n) is 1.79. The van der Waals surface area contributed by atoms with Crippen LogP contribution in [0.3, 0.4) is 0 Å². The van der Waals surface area contributed by atoms with Gasteiger partial charge in [0.1, 0.15) is 18.4 Å². The molecule has 0 spiro atoms. The average Bonchev–Trinajstić information content (AvgIpc) is 2.31. The van der Waals surface area contributed by atoms with Crippen LogP contribution in [0.25, 0.3) is 20.9 Å². The Balaban J connectivity index is 5.03. The molecule has 0 rings (SSSR count). The van der Waals surface area contributed by atoms with E-state index in [0.29, 0.717) is 0 Å². The molecule has 0 saturated heterocycles. The number of aliphatic hydroxyl groups is 3. The maximum atomic E-state index is 10.5. The summed E-state index contributed by atoms with van der Waals surface area (Å²) in [4.78, 5) is 15.2. The number of hydrogen-bond donors (Lipinski definition) is 3. The number of hydrogen-bond acceptors (Lipinski definition) is 6. The predicted octanol–water partition coefficient (Wildman–Crippen LogP) is -0.743. The number of nitrogens with zero attached hydrogens (tertiary/aromatic N) is 6. The fourth-order valence-electron chi connectivity index (χ4n) is 0.970. The van der Waals surface area contributed by atoms with E-state index in [1.807, 2.05) is 0 Å². The van der Waals surface area contributed by atoms with Crippen LogP contribution in [-0.2, 0) is 4.79 Å². The van der Waals surface area contributed by atoms with Crippen LogP contribution < -0.4 is 0 Å². The maximum Gasteiger partial charge on any atom is 0.129 e. The standard InChI is InChI=1S/C6H10N6O4/c7-11-9-3(1-13)5(10-12-8)6(16)4(15)2-14/h1,3-6,14-16H,2H2/t3-,4-,5-,6-/m1/s1. The lowest BCUT2D eigenvalue weighted by atomic mass is 10.0. The molecule has 16 heavy (non-hydrogen) atoms. The highest BCUT2D eigenvalue weighted by Crippen LogP contribution is 2.11. The van der Waals surface area contributed by atoms with Gasteiger partial charge >= 0.3 is 0 Å². The normalized spacial score (nSPS) is 17.2. The number of aliphatic hydroxyl groups excluding tert-OH is 3. The summed E-state index contributed by atoms with van der Waals surface area (Å²) in [6.07, 6.45) is -3.14. The van der Waals surface area contributed by atoms with Crippen molar-refractivity contribution in [2.75, 3.05) is 6.61 Å². The zero-order chi connectivity index (χ0) is 12.6. The van der Waals surface area contributed by atoms with Gasteiger partial charge < -0.3 is 20.1 Å². The van der Waals surface area contributed by atoms with E-state index in [2.05, 4.69) is 20.1 Å². The first-order chi connectivity index (χ1) is 7.62. The molecule has 0 saturated carbocycles. The summed E-state index contributed by atoms with van der Waals surface area (Å²) in [6.45, 7) is -0.791. The third-order valence-corrected chi connectivity index (χ3v) is 1.79. The van der Waals surface area contributed by atoms with E-state index in [-0.39, 0.29) is 6.29 Å². The van der Waals surface area contributed by atoms with Gasteiger partial charge in [-0.15, -0.1) is 0 Å². The molecule has 0 unspecified atom stereocenters. The van der Waals surface area contributed by atoms with Gasteiger partial charge in [0.15, 0.2) is 0 Å². The average molecular weight is 230 g/mol. The lowest BCUT2D eigenvalue weighted by molar-refractivity contribution is -0.110. The summed E-state index contributed by atoms with van der Waals surface area (Å²) < 4.78 is 0. The highest BCUT2D eigenvalue weighted by molar-refractivity contribution is 5.59. The molecular weight excluding hydrogens is 220 g/mol. The fraction of sp³-hybridized carbons (Fsp3) is 0.833. The van der Waals surface area contributed by atoms with Crippen LogP contribution in [0.5, 0.6) is 0 Å². The summed E-state index contributed by atoms with van der Waals surface area (Å²) in [5, 5.41) is 33.1. The predicted molar refractivity (Wildman–Crippen MR) is 51.0 cm³/mol. The van der Waals surface area contributed by atoms with Gasteiger partial charge in [0.05, 0.1) is 18.8 Å². The van der Waals surface area contributed by atoms with E-state index in [0.717, 1.165) is 0 Å². The van der Waals surface area contributed by atoms with Gasteiger partial charge in [0, 0.05) is 9.82 Å². The van der Waals surface area contributed by atoms with Crippen molar-refractivity contribution in [3.63, 3.8) is 0 Å². The van der Waals surface area contributed by atoms with Crippen LogP contribution in [-0.4, -0.2) is 52.5 Å².